The van der Waals surface area contributed by atoms with Gasteiger partial charge in [0.05, 0.1) is 12.5 Å². The molecule has 5 nitrogen and oxygen atoms in total. The molecule has 2 saturated heterocycles. The van der Waals surface area contributed by atoms with E-state index in [1.54, 1.807) is 4.90 Å². The van der Waals surface area contributed by atoms with Crippen LogP contribution in [0, 0.1) is 11.8 Å². The van der Waals surface area contributed by atoms with Gasteiger partial charge in [-0.05, 0) is 25.2 Å². The first-order valence-electron chi connectivity index (χ1n) is 6.80. The minimum absolute atomic E-state index is 0.0434. The molecule has 2 aliphatic rings. The monoisotopic (exact) mass is 253 g/mol. The van der Waals surface area contributed by atoms with Gasteiger partial charge in [0.25, 0.3) is 0 Å². The summed E-state index contributed by atoms with van der Waals surface area (Å²) in [7, 11) is 0. The van der Waals surface area contributed by atoms with E-state index >= 15 is 0 Å². The Morgan fingerprint density at radius 2 is 2.11 bits per heavy atom. The molecule has 0 spiro atoms. The third-order valence-electron chi connectivity index (χ3n) is 3.86. The fourth-order valence-electron chi connectivity index (χ4n) is 3.19. The minimum atomic E-state index is -0.430. The van der Waals surface area contributed by atoms with Crippen molar-refractivity contribution in [2.24, 2.45) is 17.6 Å². The molecule has 0 aromatic carbocycles. The number of primary amides is 1. The van der Waals surface area contributed by atoms with Gasteiger partial charge in [0.15, 0.2) is 0 Å². The first kappa shape index (κ1) is 13.3. The summed E-state index contributed by atoms with van der Waals surface area (Å²) in [6.07, 6.45) is 3.17. The van der Waals surface area contributed by atoms with Crippen molar-refractivity contribution in [3.63, 3.8) is 0 Å². The van der Waals surface area contributed by atoms with Gasteiger partial charge in [-0.2, -0.15) is 0 Å². The van der Waals surface area contributed by atoms with E-state index in [9.17, 15) is 9.59 Å². The topological polar surface area (TPSA) is 75.4 Å². The second kappa shape index (κ2) is 5.26. The van der Waals surface area contributed by atoms with E-state index in [-0.39, 0.29) is 18.4 Å². The second-order valence-electron chi connectivity index (χ2n) is 5.97. The van der Waals surface area contributed by atoms with Crippen LogP contribution < -0.4 is 11.1 Å². The van der Waals surface area contributed by atoms with E-state index in [1.165, 1.54) is 6.42 Å². The van der Waals surface area contributed by atoms with Gasteiger partial charge >= 0.3 is 0 Å². The maximum Gasteiger partial charge on any atom is 0.237 e. The molecule has 3 atom stereocenters. The summed E-state index contributed by atoms with van der Waals surface area (Å²) in [5.41, 5.74) is 5.23. The molecule has 0 aromatic rings. The summed E-state index contributed by atoms with van der Waals surface area (Å²) in [4.78, 5) is 25.2. The molecule has 5 heteroatoms. The SMILES string of the molecule is CC(C)CN(CC(N)=O)C(=O)C1CC2CCC1N2. The van der Waals surface area contributed by atoms with E-state index in [0.717, 1.165) is 12.8 Å². The average Bonchev–Trinajstić information content (AvgIpc) is 2.87. The highest BCUT2D eigenvalue weighted by molar-refractivity contribution is 5.85. The van der Waals surface area contributed by atoms with Crippen LogP contribution in [-0.4, -0.2) is 41.9 Å². The van der Waals surface area contributed by atoms with Gasteiger partial charge in [-0.3, -0.25) is 9.59 Å². The molecule has 2 rings (SSSR count). The third kappa shape index (κ3) is 2.83. The largest absolute Gasteiger partial charge is 0.368 e. The van der Waals surface area contributed by atoms with Crippen LogP contribution in [0.15, 0.2) is 0 Å². The number of carbonyl (C=O) groups excluding carboxylic acids is 2. The van der Waals surface area contributed by atoms with Crippen LogP contribution in [-0.2, 0) is 9.59 Å². The Morgan fingerprint density at radius 1 is 1.39 bits per heavy atom. The Balaban J connectivity index is 2.00. The van der Waals surface area contributed by atoms with Gasteiger partial charge in [0.2, 0.25) is 11.8 Å². The first-order valence-corrected chi connectivity index (χ1v) is 6.80. The zero-order chi connectivity index (χ0) is 13.3. The number of carbonyl (C=O) groups is 2. The van der Waals surface area contributed by atoms with Gasteiger partial charge in [-0.25, -0.2) is 0 Å². The van der Waals surface area contributed by atoms with E-state index < -0.39 is 5.91 Å². The van der Waals surface area contributed by atoms with Gasteiger partial charge in [-0.1, -0.05) is 13.8 Å². The Kier molecular flexibility index (Phi) is 3.90. The molecule has 18 heavy (non-hydrogen) atoms. The molecule has 3 N–H and O–H groups in total. The Morgan fingerprint density at radius 3 is 2.56 bits per heavy atom. The van der Waals surface area contributed by atoms with Crippen molar-refractivity contribution in [1.29, 1.82) is 0 Å². The quantitative estimate of drug-likeness (QED) is 0.729. The van der Waals surface area contributed by atoms with E-state index in [1.807, 2.05) is 13.8 Å². The molecule has 2 aliphatic heterocycles. The van der Waals surface area contributed by atoms with Crippen LogP contribution in [0.4, 0.5) is 0 Å². The number of nitrogens with two attached hydrogens (primary N) is 1. The number of nitrogens with one attached hydrogen (secondary N) is 1. The molecular weight excluding hydrogens is 230 g/mol. The molecule has 2 bridgehead atoms. The smallest absolute Gasteiger partial charge is 0.237 e. The van der Waals surface area contributed by atoms with Crippen LogP contribution in [0.1, 0.15) is 33.1 Å². The van der Waals surface area contributed by atoms with E-state index in [4.69, 9.17) is 5.73 Å². The lowest BCUT2D eigenvalue weighted by atomic mass is 9.88. The zero-order valence-electron chi connectivity index (χ0n) is 11.2. The van der Waals surface area contributed by atoms with Crippen LogP contribution in [0.25, 0.3) is 0 Å². The summed E-state index contributed by atoms with van der Waals surface area (Å²) < 4.78 is 0. The summed E-state index contributed by atoms with van der Waals surface area (Å²) in [5.74, 6) is 0.0593. The van der Waals surface area contributed by atoms with Crippen molar-refractivity contribution in [1.82, 2.24) is 10.2 Å². The Bertz CT molecular complexity index is 343. The predicted octanol–water partition coefficient (Wildman–Crippen LogP) is 0.0968. The molecular formula is C13H23N3O2. The van der Waals surface area contributed by atoms with Crippen molar-refractivity contribution in [3.05, 3.63) is 0 Å². The van der Waals surface area contributed by atoms with E-state index in [0.29, 0.717) is 24.5 Å². The minimum Gasteiger partial charge on any atom is -0.368 e. The van der Waals surface area contributed by atoms with Gasteiger partial charge < -0.3 is 16.0 Å². The highest BCUT2D eigenvalue weighted by atomic mass is 16.2. The Hall–Kier alpha value is -1.10. The number of hydrogen-bond acceptors (Lipinski definition) is 3. The van der Waals surface area contributed by atoms with Crippen molar-refractivity contribution in [2.75, 3.05) is 13.1 Å². The number of fused-ring (bicyclic) bond motifs is 2. The number of hydrogen-bond donors (Lipinski definition) is 2. The Labute approximate surface area is 108 Å². The lowest BCUT2D eigenvalue weighted by Gasteiger charge is -2.29. The van der Waals surface area contributed by atoms with Crippen LogP contribution in [0.5, 0.6) is 0 Å². The fourth-order valence-corrected chi connectivity index (χ4v) is 3.19. The lowest BCUT2D eigenvalue weighted by molar-refractivity contribution is -0.139. The van der Waals surface area contributed by atoms with Crippen LogP contribution >= 0.6 is 0 Å². The normalized spacial score (nSPS) is 29.8. The molecule has 0 saturated carbocycles. The molecule has 0 aliphatic carbocycles. The van der Waals surface area contributed by atoms with Crippen LogP contribution in [0.3, 0.4) is 0 Å². The number of nitrogens with zero attached hydrogens (tertiary/aromatic N) is 1. The molecule has 3 unspecified atom stereocenters. The first-order chi connectivity index (χ1) is 8.47. The van der Waals surface area contributed by atoms with Crippen LogP contribution in [0.2, 0.25) is 0 Å². The molecule has 2 heterocycles. The second-order valence-corrected chi connectivity index (χ2v) is 5.97. The number of rotatable bonds is 5. The fraction of sp³-hybridized carbons (Fsp3) is 0.846. The molecule has 0 aromatic heterocycles. The predicted molar refractivity (Wildman–Crippen MR) is 68.7 cm³/mol. The maximum absolute atomic E-state index is 12.5. The summed E-state index contributed by atoms with van der Waals surface area (Å²) in [6.45, 7) is 4.74. The maximum atomic E-state index is 12.5. The lowest BCUT2D eigenvalue weighted by Crippen LogP contribution is -2.46. The van der Waals surface area contributed by atoms with Gasteiger partial charge in [0, 0.05) is 18.6 Å². The molecule has 0 radical (unpaired) electrons. The van der Waals surface area contributed by atoms with Crippen molar-refractivity contribution in [2.45, 2.75) is 45.2 Å². The highest BCUT2D eigenvalue weighted by Crippen LogP contribution is 2.34. The molecule has 2 amide bonds. The standard InChI is InChI=1S/C13H23N3O2/c1-8(2)6-16(7-12(14)17)13(18)10-5-9-3-4-11(10)15-9/h8-11,15H,3-7H2,1-2H3,(H2,14,17). The summed E-state index contributed by atoms with van der Waals surface area (Å²) in [5, 5.41) is 3.46. The highest BCUT2D eigenvalue weighted by Gasteiger charge is 2.44. The van der Waals surface area contributed by atoms with Gasteiger partial charge in [-0.15, -0.1) is 0 Å². The summed E-state index contributed by atoms with van der Waals surface area (Å²) >= 11 is 0. The molecule has 102 valence electrons. The molecule has 2 fully saturated rings. The van der Waals surface area contributed by atoms with Gasteiger partial charge in [0.1, 0.15) is 0 Å². The van der Waals surface area contributed by atoms with Crippen molar-refractivity contribution >= 4 is 11.8 Å². The zero-order valence-corrected chi connectivity index (χ0v) is 11.2. The van der Waals surface area contributed by atoms with Crippen molar-refractivity contribution < 1.29 is 9.59 Å². The number of amides is 2. The average molecular weight is 253 g/mol. The van der Waals surface area contributed by atoms with Crippen molar-refractivity contribution in [3.8, 4) is 0 Å². The van der Waals surface area contributed by atoms with E-state index in [2.05, 4.69) is 5.32 Å². The third-order valence-corrected chi connectivity index (χ3v) is 3.86. The summed E-state index contributed by atoms with van der Waals surface area (Å²) in [6, 6.07) is 0.809.